The van der Waals surface area contributed by atoms with E-state index in [0.29, 0.717) is 10.5 Å². The van der Waals surface area contributed by atoms with Crippen LogP contribution in [0.15, 0.2) is 30.4 Å². The van der Waals surface area contributed by atoms with E-state index in [9.17, 15) is 5.11 Å². The Balaban J connectivity index is 2.31. The van der Waals surface area contributed by atoms with Gasteiger partial charge in [-0.15, -0.1) is 0 Å². The van der Waals surface area contributed by atoms with Crippen LogP contribution in [0.2, 0.25) is 10.0 Å². The second kappa shape index (κ2) is 4.55. The molecule has 1 heterocycles. The number of rotatable bonds is 1. The van der Waals surface area contributed by atoms with E-state index >= 15 is 0 Å². The van der Waals surface area contributed by atoms with E-state index in [-0.39, 0.29) is 10.8 Å². The minimum atomic E-state index is -0.0192. The first-order valence-corrected chi connectivity index (χ1v) is 6.68. The first-order valence-electron chi connectivity index (χ1n) is 5.92. The van der Waals surface area contributed by atoms with Crippen LogP contribution in [-0.4, -0.2) is 10.1 Å². The van der Waals surface area contributed by atoms with Crippen LogP contribution in [0.1, 0.15) is 17.7 Å². The topological polar surface area (TPSA) is 33.1 Å². The molecule has 0 bridgehead atoms. The minimum absolute atomic E-state index is 0.0192. The number of halogens is 2. The third kappa shape index (κ3) is 2.01. The Morgan fingerprint density at radius 2 is 2.00 bits per heavy atom. The summed E-state index contributed by atoms with van der Waals surface area (Å²) < 4.78 is 0. The van der Waals surface area contributed by atoms with E-state index in [1.54, 1.807) is 6.07 Å². The van der Waals surface area contributed by atoms with Gasteiger partial charge >= 0.3 is 0 Å². The number of aromatic hydroxyl groups is 1. The highest BCUT2D eigenvalue weighted by Gasteiger charge is 2.15. The molecule has 0 saturated carbocycles. The fraction of sp³-hybridized carbons (Fsp3) is 0.133. The van der Waals surface area contributed by atoms with Gasteiger partial charge in [0.1, 0.15) is 5.52 Å². The molecular weight excluding hydrogens is 281 g/mol. The van der Waals surface area contributed by atoms with Crippen LogP contribution < -0.4 is 0 Å². The summed E-state index contributed by atoms with van der Waals surface area (Å²) in [6.07, 6.45) is 7.09. The Hall–Kier alpha value is -1.51. The molecular formula is C15H11Cl2NO. The number of allylic oxidation sites excluding steroid dienone is 4. The third-order valence-corrected chi connectivity index (χ3v) is 3.89. The molecule has 4 heteroatoms. The SMILES string of the molecule is Cc1nc2c(O)c(Cl)cc(Cl)c2cc1C1=CC=CC1. The molecule has 2 nitrogen and oxygen atoms in total. The van der Waals surface area contributed by atoms with Crippen molar-refractivity contribution in [2.24, 2.45) is 0 Å². The molecule has 1 aromatic carbocycles. The highest BCUT2D eigenvalue weighted by atomic mass is 35.5. The molecule has 1 aliphatic carbocycles. The summed E-state index contributed by atoms with van der Waals surface area (Å²) in [5.41, 5.74) is 3.57. The van der Waals surface area contributed by atoms with Gasteiger partial charge in [-0.1, -0.05) is 41.4 Å². The van der Waals surface area contributed by atoms with Gasteiger partial charge in [-0.05, 0) is 36.6 Å². The smallest absolute Gasteiger partial charge is 0.160 e. The lowest BCUT2D eigenvalue weighted by atomic mass is 10.0. The van der Waals surface area contributed by atoms with Gasteiger partial charge in [0.25, 0.3) is 0 Å². The van der Waals surface area contributed by atoms with E-state index in [2.05, 4.69) is 17.1 Å². The Labute approximate surface area is 121 Å². The number of hydrogen-bond acceptors (Lipinski definition) is 2. The molecule has 0 atom stereocenters. The number of hydrogen-bond donors (Lipinski definition) is 1. The lowest BCUT2D eigenvalue weighted by Crippen LogP contribution is -1.93. The summed E-state index contributed by atoms with van der Waals surface area (Å²) >= 11 is 12.1. The first kappa shape index (κ1) is 12.5. The van der Waals surface area contributed by atoms with Crippen molar-refractivity contribution < 1.29 is 5.11 Å². The third-order valence-electron chi connectivity index (χ3n) is 3.29. The molecule has 0 fully saturated rings. The van der Waals surface area contributed by atoms with Crippen LogP contribution in [0.3, 0.4) is 0 Å². The average Bonchev–Trinajstić information content (AvgIpc) is 2.89. The Morgan fingerprint density at radius 3 is 2.68 bits per heavy atom. The van der Waals surface area contributed by atoms with Crippen molar-refractivity contribution >= 4 is 39.7 Å². The van der Waals surface area contributed by atoms with Gasteiger partial charge in [-0.25, -0.2) is 4.98 Å². The van der Waals surface area contributed by atoms with Gasteiger partial charge in [0.2, 0.25) is 0 Å². The molecule has 3 rings (SSSR count). The number of phenolic OH excluding ortho intramolecular Hbond substituents is 1. The van der Waals surface area contributed by atoms with Gasteiger partial charge in [-0.2, -0.15) is 0 Å². The zero-order chi connectivity index (χ0) is 13.6. The quantitative estimate of drug-likeness (QED) is 0.811. The molecule has 0 unspecified atom stereocenters. The van der Waals surface area contributed by atoms with Crippen LogP contribution >= 0.6 is 23.2 Å². The molecule has 1 aliphatic rings. The number of pyridine rings is 1. The van der Waals surface area contributed by atoms with Crippen LogP contribution in [-0.2, 0) is 0 Å². The second-order valence-electron chi connectivity index (χ2n) is 4.53. The molecule has 0 radical (unpaired) electrons. The highest BCUT2D eigenvalue weighted by Crippen LogP contribution is 2.38. The van der Waals surface area contributed by atoms with Crippen molar-refractivity contribution in [2.75, 3.05) is 0 Å². The molecule has 0 spiro atoms. The fourth-order valence-corrected chi connectivity index (χ4v) is 2.82. The normalized spacial score (nSPS) is 14.2. The van der Waals surface area contributed by atoms with Crippen LogP contribution in [0, 0.1) is 6.92 Å². The molecule has 19 heavy (non-hydrogen) atoms. The molecule has 1 N–H and O–H groups in total. The van der Waals surface area contributed by atoms with Gasteiger partial charge < -0.3 is 5.11 Å². The summed E-state index contributed by atoms with van der Waals surface area (Å²) in [6.45, 7) is 1.92. The van der Waals surface area contributed by atoms with E-state index < -0.39 is 0 Å². The molecule has 0 amide bonds. The summed E-state index contributed by atoms with van der Waals surface area (Å²) in [5.74, 6) is -0.0192. The summed E-state index contributed by atoms with van der Waals surface area (Å²) in [4.78, 5) is 4.45. The minimum Gasteiger partial charge on any atom is -0.504 e. The van der Waals surface area contributed by atoms with Gasteiger partial charge in [0.05, 0.1) is 10.0 Å². The van der Waals surface area contributed by atoms with Crippen molar-refractivity contribution in [3.05, 3.63) is 51.7 Å². The second-order valence-corrected chi connectivity index (χ2v) is 5.34. The number of aromatic nitrogens is 1. The predicted molar refractivity (Wildman–Crippen MR) is 79.9 cm³/mol. The summed E-state index contributed by atoms with van der Waals surface area (Å²) in [7, 11) is 0. The Kier molecular flexibility index (Phi) is 3.00. The summed E-state index contributed by atoms with van der Waals surface area (Å²) in [5, 5.41) is 11.4. The zero-order valence-corrected chi connectivity index (χ0v) is 11.8. The lowest BCUT2D eigenvalue weighted by Gasteiger charge is -2.11. The monoisotopic (exact) mass is 291 g/mol. The maximum atomic E-state index is 9.98. The predicted octanol–water partition coefficient (Wildman–Crippen LogP) is 4.90. The first-order chi connectivity index (χ1) is 9.08. The molecule has 0 saturated heterocycles. The Morgan fingerprint density at radius 1 is 1.21 bits per heavy atom. The molecule has 2 aromatic rings. The van der Waals surface area contributed by atoms with Crippen molar-refractivity contribution in [1.82, 2.24) is 4.98 Å². The van der Waals surface area contributed by atoms with Crippen molar-refractivity contribution in [3.8, 4) is 5.75 Å². The summed E-state index contributed by atoms with van der Waals surface area (Å²) in [6, 6.07) is 3.51. The lowest BCUT2D eigenvalue weighted by molar-refractivity contribution is 0.480. The Bertz CT molecular complexity index is 748. The average molecular weight is 292 g/mol. The highest BCUT2D eigenvalue weighted by molar-refractivity contribution is 6.39. The molecule has 96 valence electrons. The van der Waals surface area contributed by atoms with Crippen molar-refractivity contribution in [3.63, 3.8) is 0 Å². The van der Waals surface area contributed by atoms with Crippen LogP contribution in [0.5, 0.6) is 5.75 Å². The maximum absolute atomic E-state index is 9.98. The van der Waals surface area contributed by atoms with Crippen molar-refractivity contribution in [2.45, 2.75) is 13.3 Å². The van der Waals surface area contributed by atoms with E-state index in [0.717, 1.165) is 23.1 Å². The van der Waals surface area contributed by atoms with E-state index in [1.807, 2.05) is 19.1 Å². The number of nitrogens with zero attached hydrogens (tertiary/aromatic N) is 1. The van der Waals surface area contributed by atoms with Crippen molar-refractivity contribution in [1.29, 1.82) is 0 Å². The maximum Gasteiger partial charge on any atom is 0.160 e. The number of fused-ring (bicyclic) bond motifs is 1. The van der Waals surface area contributed by atoms with E-state index in [4.69, 9.17) is 23.2 Å². The largest absolute Gasteiger partial charge is 0.504 e. The van der Waals surface area contributed by atoms with Gasteiger partial charge in [0, 0.05) is 11.1 Å². The molecule has 1 aromatic heterocycles. The standard InChI is InChI=1S/C15H11Cl2NO/c1-8-10(9-4-2-3-5-9)6-11-12(16)7-13(17)15(19)14(11)18-8/h2-4,6-7,19H,5H2,1H3. The number of benzene rings is 1. The molecule has 0 aliphatic heterocycles. The fourth-order valence-electron chi connectivity index (χ4n) is 2.31. The van der Waals surface area contributed by atoms with E-state index in [1.165, 1.54) is 5.57 Å². The van der Waals surface area contributed by atoms with Crippen LogP contribution in [0.25, 0.3) is 16.5 Å². The zero-order valence-electron chi connectivity index (χ0n) is 10.2. The van der Waals surface area contributed by atoms with Crippen LogP contribution in [0.4, 0.5) is 0 Å². The van der Waals surface area contributed by atoms with Gasteiger partial charge in [-0.3, -0.25) is 0 Å². The number of phenols is 1. The number of aryl methyl sites for hydroxylation is 1. The van der Waals surface area contributed by atoms with Gasteiger partial charge in [0.15, 0.2) is 5.75 Å².